The van der Waals surface area contributed by atoms with Crippen LogP contribution < -0.4 is 4.90 Å². The van der Waals surface area contributed by atoms with Gasteiger partial charge < -0.3 is 0 Å². The third-order valence-electron chi connectivity index (χ3n) is 5.48. The number of anilines is 1. The SMILES string of the molecule is CCSc1nnc(N2C(=O)CC(c3cccc([N+](=O)[O-])c3)C3=C2CC(C)(C)CC3=O)s1. The summed E-state index contributed by atoms with van der Waals surface area (Å²) in [6, 6.07) is 6.22. The molecule has 10 heteroatoms. The van der Waals surface area contributed by atoms with Crippen LogP contribution in [0, 0.1) is 15.5 Å². The van der Waals surface area contributed by atoms with Gasteiger partial charge in [-0.05, 0) is 23.2 Å². The van der Waals surface area contributed by atoms with Gasteiger partial charge in [0.1, 0.15) is 0 Å². The monoisotopic (exact) mass is 458 g/mol. The van der Waals surface area contributed by atoms with Crippen LogP contribution in [-0.2, 0) is 9.59 Å². The normalized spacial score (nSPS) is 20.7. The third kappa shape index (κ3) is 4.14. The standard InChI is InChI=1S/C21H22N4O4S2/c1-4-30-20-23-22-19(31-20)24-15-10-21(2,3)11-16(26)18(15)14(9-17(24)27)12-6-5-7-13(8-12)25(28)29/h5-8,14H,4,9-11H2,1-3H3. The second kappa shape index (κ2) is 8.16. The van der Waals surface area contributed by atoms with Gasteiger partial charge in [-0.2, -0.15) is 0 Å². The average molecular weight is 459 g/mol. The van der Waals surface area contributed by atoms with Crippen molar-refractivity contribution >= 4 is 45.6 Å². The lowest BCUT2D eigenvalue weighted by molar-refractivity contribution is -0.384. The average Bonchev–Trinajstić information content (AvgIpc) is 3.14. The van der Waals surface area contributed by atoms with Crippen molar-refractivity contribution in [2.24, 2.45) is 5.41 Å². The number of allylic oxidation sites excluding steroid dienone is 2. The van der Waals surface area contributed by atoms with Gasteiger partial charge in [-0.3, -0.25) is 24.6 Å². The van der Waals surface area contributed by atoms with Crippen molar-refractivity contribution in [2.45, 2.75) is 50.3 Å². The highest BCUT2D eigenvalue weighted by Crippen LogP contribution is 2.49. The number of non-ortho nitro benzene ring substituents is 1. The van der Waals surface area contributed by atoms with E-state index in [9.17, 15) is 19.7 Å². The molecule has 1 aliphatic carbocycles. The number of amides is 1. The summed E-state index contributed by atoms with van der Waals surface area (Å²) >= 11 is 2.89. The molecule has 162 valence electrons. The number of Topliss-reactive ketones (excluding diaryl/α,β-unsaturated/α-hetero) is 1. The zero-order valence-corrected chi connectivity index (χ0v) is 19.1. The molecule has 2 aromatic rings. The lowest BCUT2D eigenvalue weighted by Crippen LogP contribution is -2.43. The Balaban J connectivity index is 1.85. The van der Waals surface area contributed by atoms with Crippen molar-refractivity contribution < 1.29 is 14.5 Å². The number of carbonyl (C=O) groups excluding carboxylic acids is 2. The number of benzene rings is 1. The summed E-state index contributed by atoms with van der Waals surface area (Å²) in [7, 11) is 0. The number of ketones is 1. The van der Waals surface area contributed by atoms with Crippen LogP contribution in [0.25, 0.3) is 0 Å². The Kier molecular flexibility index (Phi) is 5.69. The lowest BCUT2D eigenvalue weighted by atomic mass is 9.69. The summed E-state index contributed by atoms with van der Waals surface area (Å²) in [6.07, 6.45) is 0.968. The minimum Gasteiger partial charge on any atom is -0.294 e. The van der Waals surface area contributed by atoms with Crippen LogP contribution in [0.4, 0.5) is 10.8 Å². The van der Waals surface area contributed by atoms with Gasteiger partial charge in [0, 0.05) is 42.2 Å². The molecule has 2 aliphatic rings. The molecule has 0 bridgehead atoms. The molecule has 1 atom stereocenters. The molecule has 0 fully saturated rings. The van der Waals surface area contributed by atoms with Crippen LogP contribution in [0.2, 0.25) is 0 Å². The van der Waals surface area contributed by atoms with Gasteiger partial charge >= 0.3 is 0 Å². The van der Waals surface area contributed by atoms with E-state index in [1.165, 1.54) is 23.5 Å². The number of carbonyl (C=O) groups is 2. The van der Waals surface area contributed by atoms with Gasteiger partial charge in [0.2, 0.25) is 11.0 Å². The van der Waals surface area contributed by atoms with Crippen LogP contribution in [0.15, 0.2) is 39.9 Å². The molecule has 1 amide bonds. The first-order valence-corrected chi connectivity index (χ1v) is 11.8. The highest BCUT2D eigenvalue weighted by molar-refractivity contribution is 8.01. The van der Waals surface area contributed by atoms with Crippen molar-refractivity contribution in [3.05, 3.63) is 51.2 Å². The Hall–Kier alpha value is -2.59. The number of aromatic nitrogens is 2. The molecule has 31 heavy (non-hydrogen) atoms. The first kappa shape index (κ1) is 21.6. The van der Waals surface area contributed by atoms with Crippen LogP contribution >= 0.6 is 23.1 Å². The van der Waals surface area contributed by atoms with Gasteiger partial charge in [0.05, 0.1) is 4.92 Å². The molecular formula is C21H22N4O4S2. The Morgan fingerprint density at radius 1 is 1.29 bits per heavy atom. The Bertz CT molecular complexity index is 1110. The molecule has 1 aromatic heterocycles. The van der Waals surface area contributed by atoms with E-state index in [4.69, 9.17) is 0 Å². The fourth-order valence-electron chi connectivity index (χ4n) is 4.25. The van der Waals surface area contributed by atoms with E-state index in [0.717, 1.165) is 10.1 Å². The first-order chi connectivity index (χ1) is 14.7. The molecule has 1 aliphatic heterocycles. The summed E-state index contributed by atoms with van der Waals surface area (Å²) in [4.78, 5) is 38.9. The van der Waals surface area contributed by atoms with E-state index < -0.39 is 10.8 Å². The fourth-order valence-corrected chi connectivity index (χ4v) is 6.03. The van der Waals surface area contributed by atoms with Crippen molar-refractivity contribution in [1.82, 2.24) is 10.2 Å². The van der Waals surface area contributed by atoms with E-state index in [1.807, 2.05) is 20.8 Å². The summed E-state index contributed by atoms with van der Waals surface area (Å²) in [5.74, 6) is 0.147. The van der Waals surface area contributed by atoms with Gasteiger partial charge in [0.25, 0.3) is 5.69 Å². The van der Waals surface area contributed by atoms with E-state index in [-0.39, 0.29) is 29.2 Å². The van der Waals surface area contributed by atoms with Crippen LogP contribution in [-0.4, -0.2) is 32.6 Å². The number of nitrogens with zero attached hydrogens (tertiary/aromatic N) is 4. The second-order valence-electron chi connectivity index (χ2n) is 8.42. The maximum Gasteiger partial charge on any atom is 0.269 e. The Morgan fingerprint density at radius 3 is 2.77 bits per heavy atom. The minimum absolute atomic E-state index is 0.0204. The van der Waals surface area contributed by atoms with Gasteiger partial charge in [0.15, 0.2) is 10.1 Å². The van der Waals surface area contributed by atoms with Crippen molar-refractivity contribution in [1.29, 1.82) is 0 Å². The number of thioether (sulfide) groups is 1. The first-order valence-electron chi connectivity index (χ1n) is 10.00. The molecule has 1 aromatic carbocycles. The zero-order valence-electron chi connectivity index (χ0n) is 17.5. The van der Waals surface area contributed by atoms with Crippen molar-refractivity contribution in [3.63, 3.8) is 0 Å². The molecule has 2 heterocycles. The van der Waals surface area contributed by atoms with Crippen molar-refractivity contribution in [3.8, 4) is 0 Å². The topological polar surface area (TPSA) is 106 Å². The molecular weight excluding hydrogens is 436 g/mol. The molecule has 1 unspecified atom stereocenters. The second-order valence-corrected chi connectivity index (χ2v) is 10.9. The van der Waals surface area contributed by atoms with Gasteiger partial charge in [-0.25, -0.2) is 0 Å². The van der Waals surface area contributed by atoms with Crippen LogP contribution in [0.1, 0.15) is 51.5 Å². The minimum atomic E-state index is -0.500. The maximum atomic E-state index is 13.3. The molecule has 0 saturated heterocycles. The van der Waals surface area contributed by atoms with E-state index in [0.29, 0.717) is 34.8 Å². The highest BCUT2D eigenvalue weighted by atomic mass is 32.2. The predicted molar refractivity (Wildman–Crippen MR) is 119 cm³/mol. The van der Waals surface area contributed by atoms with Crippen LogP contribution in [0.5, 0.6) is 0 Å². The number of nitro benzene ring substituents is 1. The van der Waals surface area contributed by atoms with E-state index in [1.54, 1.807) is 28.8 Å². The van der Waals surface area contributed by atoms with Crippen LogP contribution in [0.3, 0.4) is 0 Å². The fraction of sp³-hybridized carbons (Fsp3) is 0.429. The summed E-state index contributed by atoms with van der Waals surface area (Å²) in [6.45, 7) is 6.03. The number of hydrogen-bond acceptors (Lipinski definition) is 8. The molecule has 0 saturated carbocycles. The Morgan fingerprint density at radius 2 is 2.06 bits per heavy atom. The largest absolute Gasteiger partial charge is 0.294 e. The predicted octanol–water partition coefficient (Wildman–Crippen LogP) is 4.72. The lowest BCUT2D eigenvalue weighted by Gasteiger charge is -2.41. The highest BCUT2D eigenvalue weighted by Gasteiger charge is 2.45. The zero-order chi connectivity index (χ0) is 22.3. The van der Waals surface area contributed by atoms with E-state index in [2.05, 4.69) is 10.2 Å². The molecule has 0 N–H and O–H groups in total. The molecule has 0 radical (unpaired) electrons. The quantitative estimate of drug-likeness (QED) is 0.276. The number of nitro groups is 1. The van der Waals surface area contributed by atoms with Gasteiger partial charge in [-0.15, -0.1) is 10.2 Å². The smallest absolute Gasteiger partial charge is 0.269 e. The third-order valence-corrected chi connectivity index (χ3v) is 7.41. The summed E-state index contributed by atoms with van der Waals surface area (Å²) in [5, 5.41) is 20.1. The maximum absolute atomic E-state index is 13.3. The number of rotatable bonds is 5. The molecule has 0 spiro atoms. The summed E-state index contributed by atoms with van der Waals surface area (Å²) in [5.41, 5.74) is 1.48. The van der Waals surface area contributed by atoms with Gasteiger partial charge in [-0.1, -0.05) is 56.0 Å². The molecule has 8 nitrogen and oxygen atoms in total. The Labute approximate surface area is 187 Å². The molecule has 4 rings (SSSR count). The van der Waals surface area contributed by atoms with E-state index >= 15 is 0 Å². The van der Waals surface area contributed by atoms with Crippen molar-refractivity contribution in [2.75, 3.05) is 10.7 Å². The summed E-state index contributed by atoms with van der Waals surface area (Å²) < 4.78 is 0.773. The number of hydrogen-bond donors (Lipinski definition) is 0.